The average molecular weight is 373 g/mol. The predicted molar refractivity (Wildman–Crippen MR) is 95.4 cm³/mol. The molecule has 2 aromatic heterocycles. The number of aryl methyl sites for hydroxylation is 1. The fourth-order valence-corrected chi connectivity index (χ4v) is 2.87. The molecule has 0 unspecified atom stereocenters. The molecule has 1 aliphatic heterocycles. The van der Waals surface area contributed by atoms with Crippen LogP contribution < -0.4 is 4.90 Å². The maximum absolute atomic E-state index is 12.3. The molecule has 10 heteroatoms. The minimum atomic E-state index is -0.772. The van der Waals surface area contributed by atoms with Crippen molar-refractivity contribution in [2.45, 2.75) is 0 Å². The van der Waals surface area contributed by atoms with E-state index in [1.807, 2.05) is 18.2 Å². The number of carbonyl (C=O) groups is 2. The number of piperazine rings is 1. The number of amides is 1. The molecule has 0 atom stereocenters. The Morgan fingerprint density at radius 1 is 1.26 bits per heavy atom. The molecule has 1 aliphatic rings. The number of esters is 1. The second kappa shape index (κ2) is 7.85. The van der Waals surface area contributed by atoms with Crippen LogP contribution in [0.15, 0.2) is 36.7 Å². The summed E-state index contributed by atoms with van der Waals surface area (Å²) in [4.78, 5) is 42.5. The van der Waals surface area contributed by atoms with E-state index < -0.39 is 17.5 Å². The fourth-order valence-electron chi connectivity index (χ4n) is 2.87. The monoisotopic (exact) mass is 373 g/mol. The lowest BCUT2D eigenvalue weighted by Gasteiger charge is -2.35. The molecule has 0 saturated carbocycles. The van der Waals surface area contributed by atoms with Crippen LogP contribution >= 0.6 is 0 Å². The van der Waals surface area contributed by atoms with Gasteiger partial charge in [0.1, 0.15) is 11.5 Å². The molecule has 0 spiro atoms. The van der Waals surface area contributed by atoms with Crippen molar-refractivity contribution >= 4 is 23.4 Å². The molecular weight excluding hydrogens is 354 g/mol. The van der Waals surface area contributed by atoms with Gasteiger partial charge in [0.25, 0.3) is 11.6 Å². The minimum absolute atomic E-state index is 0.0227. The molecule has 1 amide bonds. The third-order valence-corrected chi connectivity index (χ3v) is 4.34. The summed E-state index contributed by atoms with van der Waals surface area (Å²) in [6.07, 6.45) is 2.94. The standard InChI is InChI=1S/C17H19N5O5/c1-19-11-13(22(25)26)10-14(19)17(24)27-12-16(23)21-8-6-20(7-9-21)15-4-2-3-5-18-15/h2-5,10-11H,6-9,12H2,1H3. The smallest absolute Gasteiger partial charge is 0.355 e. The topological polar surface area (TPSA) is 111 Å². The van der Waals surface area contributed by atoms with Gasteiger partial charge < -0.3 is 19.1 Å². The maximum atomic E-state index is 12.3. The van der Waals surface area contributed by atoms with Crippen LogP contribution in [0.1, 0.15) is 10.5 Å². The van der Waals surface area contributed by atoms with Gasteiger partial charge in [-0.3, -0.25) is 14.9 Å². The number of hydrogen-bond donors (Lipinski definition) is 0. The van der Waals surface area contributed by atoms with Crippen molar-refractivity contribution < 1.29 is 19.2 Å². The van der Waals surface area contributed by atoms with Crippen molar-refractivity contribution in [1.29, 1.82) is 0 Å². The number of anilines is 1. The quantitative estimate of drug-likeness (QED) is 0.434. The van der Waals surface area contributed by atoms with Gasteiger partial charge in [0.2, 0.25) is 0 Å². The Kier molecular flexibility index (Phi) is 5.34. The fraction of sp³-hybridized carbons (Fsp3) is 0.353. The Morgan fingerprint density at radius 3 is 2.59 bits per heavy atom. The lowest BCUT2D eigenvalue weighted by molar-refractivity contribution is -0.384. The van der Waals surface area contributed by atoms with Gasteiger partial charge in [-0.1, -0.05) is 6.07 Å². The second-order valence-corrected chi connectivity index (χ2v) is 6.08. The zero-order chi connectivity index (χ0) is 19.4. The van der Waals surface area contributed by atoms with E-state index in [0.29, 0.717) is 26.2 Å². The molecule has 10 nitrogen and oxygen atoms in total. The first-order valence-electron chi connectivity index (χ1n) is 8.37. The van der Waals surface area contributed by atoms with E-state index in [2.05, 4.69) is 9.88 Å². The highest BCUT2D eigenvalue weighted by Crippen LogP contribution is 2.16. The summed E-state index contributed by atoms with van der Waals surface area (Å²) < 4.78 is 6.33. The Balaban J connectivity index is 1.50. The summed E-state index contributed by atoms with van der Waals surface area (Å²) in [5, 5.41) is 10.8. The second-order valence-electron chi connectivity index (χ2n) is 6.08. The molecule has 1 saturated heterocycles. The van der Waals surface area contributed by atoms with Crippen molar-refractivity contribution in [1.82, 2.24) is 14.5 Å². The number of ether oxygens (including phenoxy) is 1. The molecule has 142 valence electrons. The number of nitro groups is 1. The number of pyridine rings is 1. The third-order valence-electron chi connectivity index (χ3n) is 4.34. The van der Waals surface area contributed by atoms with E-state index in [1.54, 1.807) is 11.1 Å². The lowest BCUT2D eigenvalue weighted by atomic mass is 10.3. The van der Waals surface area contributed by atoms with Gasteiger partial charge in [-0.25, -0.2) is 9.78 Å². The Bertz CT molecular complexity index is 843. The largest absolute Gasteiger partial charge is 0.451 e. The molecular formula is C17H19N5O5. The average Bonchev–Trinajstić information content (AvgIpc) is 3.09. The van der Waals surface area contributed by atoms with Crippen molar-refractivity contribution in [3.63, 3.8) is 0 Å². The van der Waals surface area contributed by atoms with Gasteiger partial charge in [-0.15, -0.1) is 0 Å². The van der Waals surface area contributed by atoms with Crippen molar-refractivity contribution in [2.75, 3.05) is 37.7 Å². The van der Waals surface area contributed by atoms with Crippen LogP contribution in [0.4, 0.5) is 11.5 Å². The first-order chi connectivity index (χ1) is 13.0. The Hall–Kier alpha value is -3.43. The van der Waals surface area contributed by atoms with Gasteiger partial charge in [0.15, 0.2) is 6.61 Å². The molecule has 0 aliphatic carbocycles. The van der Waals surface area contributed by atoms with Gasteiger partial charge in [0, 0.05) is 45.5 Å². The normalized spacial score (nSPS) is 14.1. The summed E-state index contributed by atoms with van der Waals surface area (Å²) in [6, 6.07) is 6.79. The summed E-state index contributed by atoms with van der Waals surface area (Å²) in [5.41, 5.74) is -0.184. The van der Waals surface area contributed by atoms with E-state index in [-0.39, 0.29) is 17.3 Å². The van der Waals surface area contributed by atoms with Gasteiger partial charge in [-0.05, 0) is 12.1 Å². The number of nitrogens with zero attached hydrogens (tertiary/aromatic N) is 5. The maximum Gasteiger partial charge on any atom is 0.355 e. The van der Waals surface area contributed by atoms with Crippen LogP contribution in [0.5, 0.6) is 0 Å². The van der Waals surface area contributed by atoms with Gasteiger partial charge in [0.05, 0.1) is 11.1 Å². The summed E-state index contributed by atoms with van der Waals surface area (Å²) in [7, 11) is 1.50. The molecule has 0 bridgehead atoms. The zero-order valence-electron chi connectivity index (χ0n) is 14.8. The van der Waals surface area contributed by atoms with Gasteiger partial charge in [-0.2, -0.15) is 0 Å². The predicted octanol–water partition coefficient (Wildman–Crippen LogP) is 0.834. The third kappa shape index (κ3) is 4.22. The molecule has 3 heterocycles. The van der Waals surface area contributed by atoms with E-state index in [0.717, 1.165) is 11.9 Å². The van der Waals surface area contributed by atoms with E-state index in [1.165, 1.54) is 17.8 Å². The summed E-state index contributed by atoms with van der Waals surface area (Å²) in [5.74, 6) is -0.208. The van der Waals surface area contributed by atoms with E-state index >= 15 is 0 Å². The van der Waals surface area contributed by atoms with Crippen LogP contribution in [0.2, 0.25) is 0 Å². The van der Waals surface area contributed by atoms with Crippen molar-refractivity contribution in [3.05, 3.63) is 52.5 Å². The first kappa shape index (κ1) is 18.4. The number of aromatic nitrogens is 2. The minimum Gasteiger partial charge on any atom is -0.451 e. The van der Waals surface area contributed by atoms with Crippen LogP contribution in [-0.4, -0.2) is 64.0 Å². The highest BCUT2D eigenvalue weighted by Gasteiger charge is 2.24. The molecule has 3 rings (SSSR count). The van der Waals surface area contributed by atoms with Crippen LogP contribution in [0.3, 0.4) is 0 Å². The SMILES string of the molecule is Cn1cc([N+](=O)[O-])cc1C(=O)OCC(=O)N1CCN(c2ccccn2)CC1. The summed E-state index contributed by atoms with van der Waals surface area (Å²) >= 11 is 0. The molecule has 0 radical (unpaired) electrons. The van der Waals surface area contributed by atoms with Crippen molar-refractivity contribution in [3.8, 4) is 0 Å². The van der Waals surface area contributed by atoms with Crippen LogP contribution in [0.25, 0.3) is 0 Å². The molecule has 1 fully saturated rings. The number of hydrogen-bond acceptors (Lipinski definition) is 7. The highest BCUT2D eigenvalue weighted by molar-refractivity contribution is 5.90. The lowest BCUT2D eigenvalue weighted by Crippen LogP contribution is -2.50. The zero-order valence-corrected chi connectivity index (χ0v) is 14.8. The van der Waals surface area contributed by atoms with Gasteiger partial charge >= 0.3 is 5.97 Å². The molecule has 27 heavy (non-hydrogen) atoms. The number of carbonyl (C=O) groups excluding carboxylic acids is 2. The molecule has 2 aromatic rings. The highest BCUT2D eigenvalue weighted by atomic mass is 16.6. The van der Waals surface area contributed by atoms with E-state index in [4.69, 9.17) is 4.74 Å². The van der Waals surface area contributed by atoms with E-state index in [9.17, 15) is 19.7 Å². The number of rotatable bonds is 5. The molecule has 0 N–H and O–H groups in total. The Labute approximate surface area is 155 Å². The summed E-state index contributed by atoms with van der Waals surface area (Å²) in [6.45, 7) is 1.88. The van der Waals surface area contributed by atoms with Crippen molar-refractivity contribution in [2.24, 2.45) is 7.05 Å². The molecule has 0 aromatic carbocycles. The Morgan fingerprint density at radius 2 is 2.00 bits per heavy atom. The van der Waals surface area contributed by atoms with Crippen LogP contribution in [-0.2, 0) is 16.6 Å². The van der Waals surface area contributed by atoms with Crippen LogP contribution in [0, 0.1) is 10.1 Å². The first-order valence-corrected chi connectivity index (χ1v) is 8.37.